The van der Waals surface area contributed by atoms with Crippen LogP contribution in [0.3, 0.4) is 0 Å². The van der Waals surface area contributed by atoms with Crippen LogP contribution >= 0.6 is 11.6 Å². The molecule has 1 N–H and O–H groups in total. The molecule has 0 aliphatic carbocycles. The van der Waals surface area contributed by atoms with E-state index in [9.17, 15) is 18.4 Å². The van der Waals surface area contributed by atoms with E-state index in [1.807, 2.05) is 0 Å². The molecule has 5 nitrogen and oxygen atoms in total. The molecule has 0 spiro atoms. The van der Waals surface area contributed by atoms with Gasteiger partial charge in [0.15, 0.2) is 6.10 Å². The van der Waals surface area contributed by atoms with Gasteiger partial charge in [-0.2, -0.15) is 8.78 Å². The Labute approximate surface area is 153 Å². The Hall–Kier alpha value is -2.67. The van der Waals surface area contributed by atoms with Crippen molar-refractivity contribution in [3.63, 3.8) is 0 Å². The highest BCUT2D eigenvalue weighted by Crippen LogP contribution is 2.23. The summed E-state index contributed by atoms with van der Waals surface area (Å²) in [5.74, 6) is -1.87. The normalized spacial score (nSPS) is 11.8. The quantitative estimate of drug-likeness (QED) is 0.749. The predicted molar refractivity (Wildman–Crippen MR) is 92.8 cm³/mol. The fourth-order valence-electron chi connectivity index (χ4n) is 2.07. The summed E-state index contributed by atoms with van der Waals surface area (Å²) in [7, 11) is 0. The van der Waals surface area contributed by atoms with Crippen LogP contribution in [0.1, 0.15) is 22.8 Å². The van der Waals surface area contributed by atoms with Crippen molar-refractivity contribution in [2.75, 3.05) is 5.32 Å². The topological polar surface area (TPSA) is 64.6 Å². The second-order valence-corrected chi connectivity index (χ2v) is 5.81. The number of halogens is 3. The minimum Gasteiger partial charge on any atom is -0.449 e. The summed E-state index contributed by atoms with van der Waals surface area (Å²) in [6, 6.07) is 10.4. The Morgan fingerprint density at radius 3 is 2.54 bits per heavy atom. The Morgan fingerprint density at radius 1 is 1.15 bits per heavy atom. The zero-order valence-corrected chi connectivity index (χ0v) is 14.7. The summed E-state index contributed by atoms with van der Waals surface area (Å²) in [6.07, 6.45) is -1.17. The molecular weight excluding hydrogens is 368 g/mol. The first-order chi connectivity index (χ1) is 12.3. The molecule has 0 aliphatic heterocycles. The molecule has 138 valence electrons. The zero-order valence-electron chi connectivity index (χ0n) is 14.0. The third-order valence-electron chi connectivity index (χ3n) is 3.43. The van der Waals surface area contributed by atoms with Crippen molar-refractivity contribution >= 4 is 29.2 Å². The Morgan fingerprint density at radius 2 is 1.85 bits per heavy atom. The number of aryl methyl sites for hydroxylation is 1. The highest BCUT2D eigenvalue weighted by Gasteiger charge is 2.22. The van der Waals surface area contributed by atoms with Crippen molar-refractivity contribution in [3.8, 4) is 5.75 Å². The second kappa shape index (κ2) is 8.62. The fourth-order valence-corrected chi connectivity index (χ4v) is 2.25. The van der Waals surface area contributed by atoms with Gasteiger partial charge in [-0.25, -0.2) is 4.79 Å². The van der Waals surface area contributed by atoms with Crippen LogP contribution in [0.15, 0.2) is 42.5 Å². The molecule has 1 atom stereocenters. The molecule has 0 bridgehead atoms. The first-order valence-electron chi connectivity index (χ1n) is 7.59. The largest absolute Gasteiger partial charge is 0.449 e. The number of para-hydroxylation sites is 1. The molecule has 0 aromatic heterocycles. The average molecular weight is 384 g/mol. The monoisotopic (exact) mass is 383 g/mol. The number of carbonyl (C=O) groups excluding carboxylic acids is 2. The van der Waals surface area contributed by atoms with Crippen LogP contribution in [-0.2, 0) is 9.53 Å². The molecule has 0 radical (unpaired) electrons. The number of benzene rings is 2. The van der Waals surface area contributed by atoms with Crippen molar-refractivity contribution in [1.29, 1.82) is 0 Å². The molecule has 26 heavy (non-hydrogen) atoms. The van der Waals surface area contributed by atoms with E-state index in [1.54, 1.807) is 25.1 Å². The van der Waals surface area contributed by atoms with Gasteiger partial charge in [0.05, 0.1) is 0 Å². The van der Waals surface area contributed by atoms with Crippen LogP contribution in [-0.4, -0.2) is 24.6 Å². The number of nitrogens with one attached hydrogen (secondary N) is 1. The third-order valence-corrected chi connectivity index (χ3v) is 3.67. The van der Waals surface area contributed by atoms with Crippen molar-refractivity contribution < 1.29 is 27.8 Å². The van der Waals surface area contributed by atoms with Crippen LogP contribution in [0.25, 0.3) is 0 Å². The Bertz CT molecular complexity index is 814. The number of anilines is 1. The second-order valence-electron chi connectivity index (χ2n) is 5.37. The lowest BCUT2D eigenvalue weighted by atomic mass is 10.2. The summed E-state index contributed by atoms with van der Waals surface area (Å²) in [4.78, 5) is 24.4. The number of hydrogen-bond donors (Lipinski definition) is 1. The average Bonchev–Trinajstić information content (AvgIpc) is 2.57. The number of amides is 1. The van der Waals surface area contributed by atoms with Crippen molar-refractivity contribution in [2.24, 2.45) is 0 Å². The summed E-state index contributed by atoms with van der Waals surface area (Å²) in [5, 5.41) is 3.04. The van der Waals surface area contributed by atoms with Crippen LogP contribution in [0, 0.1) is 6.92 Å². The summed E-state index contributed by atoms with van der Waals surface area (Å²) < 4.78 is 34.2. The van der Waals surface area contributed by atoms with Gasteiger partial charge in [-0.15, -0.1) is 0 Å². The summed E-state index contributed by atoms with van der Waals surface area (Å²) >= 11 is 5.89. The highest BCUT2D eigenvalue weighted by molar-refractivity contribution is 6.31. The maximum absolute atomic E-state index is 12.4. The number of esters is 1. The minimum atomic E-state index is -3.09. The van der Waals surface area contributed by atoms with Crippen molar-refractivity contribution in [3.05, 3.63) is 58.6 Å². The maximum Gasteiger partial charge on any atom is 0.387 e. The molecule has 2 rings (SSSR count). The van der Waals surface area contributed by atoms with Crippen LogP contribution < -0.4 is 10.1 Å². The molecule has 0 aliphatic rings. The van der Waals surface area contributed by atoms with Gasteiger partial charge in [0.2, 0.25) is 0 Å². The van der Waals surface area contributed by atoms with E-state index in [4.69, 9.17) is 16.3 Å². The van der Waals surface area contributed by atoms with E-state index < -0.39 is 24.6 Å². The van der Waals surface area contributed by atoms with E-state index in [-0.39, 0.29) is 11.3 Å². The van der Waals surface area contributed by atoms with Crippen LogP contribution in [0.2, 0.25) is 5.02 Å². The lowest BCUT2D eigenvalue weighted by Gasteiger charge is -2.16. The lowest BCUT2D eigenvalue weighted by molar-refractivity contribution is -0.123. The molecule has 2 aromatic carbocycles. The van der Waals surface area contributed by atoms with Crippen LogP contribution in [0.5, 0.6) is 5.75 Å². The lowest BCUT2D eigenvalue weighted by Crippen LogP contribution is -2.30. The van der Waals surface area contributed by atoms with Gasteiger partial charge in [0.25, 0.3) is 5.91 Å². The first kappa shape index (κ1) is 19.7. The van der Waals surface area contributed by atoms with E-state index in [0.29, 0.717) is 10.7 Å². The molecule has 8 heteroatoms. The Balaban J connectivity index is 2.07. The minimum absolute atomic E-state index is 0.202. The van der Waals surface area contributed by atoms with Crippen LogP contribution in [0.4, 0.5) is 14.5 Å². The van der Waals surface area contributed by atoms with E-state index in [1.165, 1.54) is 31.2 Å². The SMILES string of the molecule is Cc1ccc(Cl)cc1NC(=O)[C@@H](C)OC(=O)c1ccccc1OC(F)F. The predicted octanol–water partition coefficient (Wildman–Crippen LogP) is 4.43. The molecule has 0 saturated heterocycles. The molecule has 0 saturated carbocycles. The molecular formula is C18H16ClF2NO4. The molecule has 0 heterocycles. The standard InChI is InChI=1S/C18H16ClF2NO4/c1-10-7-8-12(19)9-14(10)22-16(23)11(2)25-17(24)13-5-3-4-6-15(13)26-18(20)21/h3-9,11,18H,1-2H3,(H,22,23)/t11-/m1/s1. The Kier molecular flexibility index (Phi) is 6.52. The first-order valence-corrected chi connectivity index (χ1v) is 7.97. The van der Waals surface area contributed by atoms with Gasteiger partial charge in [0, 0.05) is 10.7 Å². The van der Waals surface area contributed by atoms with Gasteiger partial charge < -0.3 is 14.8 Å². The smallest absolute Gasteiger partial charge is 0.387 e. The summed E-state index contributed by atoms with van der Waals surface area (Å²) in [5.41, 5.74) is 1.05. The molecule has 0 fully saturated rings. The number of ether oxygens (including phenoxy) is 2. The third kappa shape index (κ3) is 5.16. The van der Waals surface area contributed by atoms with Gasteiger partial charge >= 0.3 is 12.6 Å². The maximum atomic E-state index is 12.4. The van der Waals surface area contributed by atoms with E-state index in [0.717, 1.165) is 5.56 Å². The number of rotatable bonds is 6. The number of carbonyl (C=O) groups is 2. The molecule has 1 amide bonds. The fraction of sp³-hybridized carbons (Fsp3) is 0.222. The van der Waals surface area contributed by atoms with Gasteiger partial charge in [0.1, 0.15) is 11.3 Å². The van der Waals surface area contributed by atoms with Gasteiger partial charge in [-0.05, 0) is 43.7 Å². The highest BCUT2D eigenvalue weighted by atomic mass is 35.5. The van der Waals surface area contributed by atoms with Gasteiger partial charge in [-0.3, -0.25) is 4.79 Å². The van der Waals surface area contributed by atoms with Crippen molar-refractivity contribution in [1.82, 2.24) is 0 Å². The molecule has 2 aromatic rings. The zero-order chi connectivity index (χ0) is 19.3. The number of hydrogen-bond acceptors (Lipinski definition) is 4. The summed E-state index contributed by atoms with van der Waals surface area (Å²) in [6.45, 7) is 0.0556. The molecule has 0 unspecified atom stereocenters. The van der Waals surface area contributed by atoms with Crippen molar-refractivity contribution in [2.45, 2.75) is 26.6 Å². The number of alkyl halides is 2. The van der Waals surface area contributed by atoms with E-state index in [2.05, 4.69) is 10.1 Å². The van der Waals surface area contributed by atoms with E-state index >= 15 is 0 Å². The van der Waals surface area contributed by atoms with Gasteiger partial charge in [-0.1, -0.05) is 29.8 Å².